The monoisotopic (exact) mass is 440 g/mol. The SMILES string of the molecule is COC(=O)C1=C(Nc2cc3c(cc2Cl)OC(F)(F)C(F)(F)O3)C(=O)N(CCO)C1. The van der Waals surface area contributed by atoms with Gasteiger partial charge in [-0.05, 0) is 0 Å². The van der Waals surface area contributed by atoms with Gasteiger partial charge in [-0.25, -0.2) is 4.79 Å². The Hall–Kier alpha value is -2.73. The molecule has 158 valence electrons. The summed E-state index contributed by atoms with van der Waals surface area (Å²) in [7, 11) is 1.09. The van der Waals surface area contributed by atoms with Crippen LogP contribution < -0.4 is 14.8 Å². The number of fused-ring (bicyclic) bond motifs is 1. The maximum Gasteiger partial charge on any atom is 0.507 e. The average Bonchev–Trinajstić information content (AvgIpc) is 2.93. The Balaban J connectivity index is 1.97. The fourth-order valence-electron chi connectivity index (χ4n) is 2.67. The summed E-state index contributed by atoms with van der Waals surface area (Å²) in [4.78, 5) is 25.6. The van der Waals surface area contributed by atoms with Gasteiger partial charge in [0.05, 0.1) is 36.5 Å². The average molecular weight is 441 g/mol. The molecule has 13 heteroatoms. The molecule has 0 radical (unpaired) electrons. The Labute approximate surface area is 165 Å². The molecule has 0 saturated carbocycles. The lowest BCUT2D eigenvalue weighted by Gasteiger charge is -2.32. The summed E-state index contributed by atoms with van der Waals surface area (Å²) in [6.07, 6.45) is -9.85. The second-order valence-electron chi connectivity index (χ2n) is 5.94. The number of methoxy groups -OCH3 is 1. The molecule has 2 N–H and O–H groups in total. The van der Waals surface area contributed by atoms with Gasteiger partial charge >= 0.3 is 18.2 Å². The number of halogens is 5. The molecule has 1 amide bonds. The third-order valence-electron chi connectivity index (χ3n) is 4.06. The molecule has 29 heavy (non-hydrogen) atoms. The molecular weight excluding hydrogens is 428 g/mol. The number of anilines is 1. The maximum atomic E-state index is 13.4. The van der Waals surface area contributed by atoms with Crippen LogP contribution in [0.3, 0.4) is 0 Å². The van der Waals surface area contributed by atoms with Crippen molar-refractivity contribution >= 4 is 29.2 Å². The molecule has 0 aromatic heterocycles. The van der Waals surface area contributed by atoms with Crippen LogP contribution in [0, 0.1) is 0 Å². The van der Waals surface area contributed by atoms with E-state index in [-0.39, 0.29) is 41.7 Å². The number of carbonyl (C=O) groups excluding carboxylic acids is 2. The van der Waals surface area contributed by atoms with Crippen molar-refractivity contribution < 1.29 is 46.5 Å². The van der Waals surface area contributed by atoms with Gasteiger partial charge < -0.3 is 29.5 Å². The first kappa shape index (κ1) is 21.0. The van der Waals surface area contributed by atoms with E-state index in [4.69, 9.17) is 16.7 Å². The number of aliphatic hydroxyl groups is 1. The number of nitrogens with one attached hydrogen (secondary N) is 1. The van der Waals surface area contributed by atoms with Gasteiger partial charge in [0.1, 0.15) is 5.70 Å². The molecule has 0 unspecified atom stereocenters. The molecule has 0 aliphatic carbocycles. The van der Waals surface area contributed by atoms with Crippen molar-refractivity contribution in [1.29, 1.82) is 0 Å². The zero-order valence-electron chi connectivity index (χ0n) is 14.6. The molecule has 2 aliphatic rings. The minimum Gasteiger partial charge on any atom is -0.466 e. The molecule has 1 aromatic rings. The number of benzene rings is 1. The quantitative estimate of drug-likeness (QED) is 0.533. The van der Waals surface area contributed by atoms with Crippen LogP contribution in [0.5, 0.6) is 11.5 Å². The van der Waals surface area contributed by atoms with E-state index in [2.05, 4.69) is 19.5 Å². The summed E-state index contributed by atoms with van der Waals surface area (Å²) in [6, 6.07) is 1.62. The molecule has 3 rings (SSSR count). The number of esters is 1. The van der Waals surface area contributed by atoms with Crippen LogP contribution in [0.4, 0.5) is 23.2 Å². The molecule has 0 atom stereocenters. The number of carbonyl (C=O) groups is 2. The lowest BCUT2D eigenvalue weighted by atomic mass is 10.2. The van der Waals surface area contributed by atoms with Crippen molar-refractivity contribution in [3.63, 3.8) is 0 Å². The minimum absolute atomic E-state index is 0.0827. The highest BCUT2D eigenvalue weighted by atomic mass is 35.5. The van der Waals surface area contributed by atoms with E-state index in [0.29, 0.717) is 0 Å². The topological polar surface area (TPSA) is 97.3 Å². The smallest absolute Gasteiger partial charge is 0.466 e. The summed E-state index contributed by atoms with van der Waals surface area (Å²) in [5.41, 5.74) is -0.569. The number of rotatable bonds is 5. The first-order valence-corrected chi connectivity index (χ1v) is 8.34. The highest BCUT2D eigenvalue weighted by Crippen LogP contribution is 2.49. The highest BCUT2D eigenvalue weighted by Gasteiger charge is 2.66. The van der Waals surface area contributed by atoms with Crippen LogP contribution in [-0.4, -0.2) is 60.9 Å². The van der Waals surface area contributed by atoms with E-state index in [1.165, 1.54) is 0 Å². The van der Waals surface area contributed by atoms with Gasteiger partial charge in [0, 0.05) is 18.7 Å². The number of alkyl halides is 4. The van der Waals surface area contributed by atoms with Crippen molar-refractivity contribution in [2.45, 2.75) is 12.2 Å². The Kier molecular flexibility index (Phi) is 5.26. The number of nitrogens with zero attached hydrogens (tertiary/aromatic N) is 1. The van der Waals surface area contributed by atoms with E-state index in [1.807, 2.05) is 0 Å². The van der Waals surface area contributed by atoms with E-state index >= 15 is 0 Å². The van der Waals surface area contributed by atoms with Crippen molar-refractivity contribution in [3.05, 3.63) is 28.4 Å². The number of ether oxygens (including phenoxy) is 3. The van der Waals surface area contributed by atoms with E-state index in [9.17, 15) is 27.2 Å². The fraction of sp³-hybridized carbons (Fsp3) is 0.375. The van der Waals surface area contributed by atoms with E-state index in [1.54, 1.807) is 0 Å². The molecule has 0 saturated heterocycles. The van der Waals surface area contributed by atoms with Crippen LogP contribution in [0.25, 0.3) is 0 Å². The van der Waals surface area contributed by atoms with Crippen molar-refractivity contribution in [2.24, 2.45) is 0 Å². The zero-order chi connectivity index (χ0) is 21.6. The van der Waals surface area contributed by atoms with Gasteiger partial charge in [-0.15, -0.1) is 0 Å². The largest absolute Gasteiger partial charge is 0.507 e. The van der Waals surface area contributed by atoms with Gasteiger partial charge in [-0.2, -0.15) is 17.6 Å². The Morgan fingerprint density at radius 2 is 1.86 bits per heavy atom. The molecule has 0 bridgehead atoms. The molecule has 1 aromatic carbocycles. The van der Waals surface area contributed by atoms with Crippen molar-refractivity contribution in [1.82, 2.24) is 4.90 Å². The summed E-state index contributed by atoms with van der Waals surface area (Å²) in [6.45, 7) is -0.636. The van der Waals surface area contributed by atoms with E-state index < -0.39 is 35.6 Å². The Bertz CT molecular complexity index is 908. The second kappa shape index (κ2) is 7.26. The van der Waals surface area contributed by atoms with Gasteiger partial charge in [0.15, 0.2) is 11.5 Å². The van der Waals surface area contributed by atoms with Gasteiger partial charge in [-0.3, -0.25) is 4.79 Å². The molecule has 2 aliphatic heterocycles. The maximum absolute atomic E-state index is 13.4. The first-order chi connectivity index (χ1) is 13.5. The predicted octanol–water partition coefficient (Wildman–Crippen LogP) is 1.97. The Morgan fingerprint density at radius 1 is 1.28 bits per heavy atom. The normalized spacial score (nSPS) is 19.4. The number of amides is 1. The summed E-state index contributed by atoms with van der Waals surface area (Å²) in [5.74, 6) is -3.03. The van der Waals surface area contributed by atoms with Gasteiger partial charge in [0.2, 0.25) is 0 Å². The fourth-order valence-corrected chi connectivity index (χ4v) is 2.87. The van der Waals surface area contributed by atoms with Gasteiger partial charge in [-0.1, -0.05) is 11.6 Å². The summed E-state index contributed by atoms with van der Waals surface area (Å²) < 4.78 is 66.0. The second-order valence-corrected chi connectivity index (χ2v) is 6.34. The van der Waals surface area contributed by atoms with Crippen molar-refractivity contribution in [3.8, 4) is 11.5 Å². The lowest BCUT2D eigenvalue weighted by Crippen LogP contribution is -2.52. The van der Waals surface area contributed by atoms with Crippen LogP contribution in [0.2, 0.25) is 5.02 Å². The van der Waals surface area contributed by atoms with Crippen LogP contribution >= 0.6 is 11.6 Å². The number of aliphatic hydroxyl groups excluding tert-OH is 1. The standard InChI is InChI=1S/C16H13ClF4N2O6/c1-27-14(26)7-6-23(2-3-24)13(25)12(7)22-9-5-11-10(4-8(9)17)28-15(18,19)16(20,21)29-11/h4-5,22,24H,2-3,6H2,1H3. The summed E-state index contributed by atoms with van der Waals surface area (Å²) in [5, 5.41) is 11.3. The molecule has 8 nitrogen and oxygen atoms in total. The predicted molar refractivity (Wildman–Crippen MR) is 88.9 cm³/mol. The molecular formula is C16H13ClF4N2O6. The number of β-amino-alcohol motifs (C(OH)–C–C–N with tert-alkyl or cyclic N) is 1. The lowest BCUT2D eigenvalue weighted by molar-refractivity contribution is -0.391. The highest BCUT2D eigenvalue weighted by molar-refractivity contribution is 6.33. The first-order valence-electron chi connectivity index (χ1n) is 7.96. The Morgan fingerprint density at radius 3 is 2.41 bits per heavy atom. The van der Waals surface area contributed by atoms with Crippen LogP contribution in [0.1, 0.15) is 0 Å². The molecule has 2 heterocycles. The molecule has 0 spiro atoms. The van der Waals surface area contributed by atoms with Crippen molar-refractivity contribution in [2.75, 3.05) is 32.1 Å². The molecule has 0 fully saturated rings. The summed E-state index contributed by atoms with van der Waals surface area (Å²) >= 11 is 5.98. The van der Waals surface area contributed by atoms with Gasteiger partial charge in [0.25, 0.3) is 5.91 Å². The number of hydrogen-bond donors (Lipinski definition) is 2. The number of hydrogen-bond acceptors (Lipinski definition) is 7. The minimum atomic E-state index is -4.94. The van der Waals surface area contributed by atoms with Crippen LogP contribution in [-0.2, 0) is 14.3 Å². The van der Waals surface area contributed by atoms with Crippen LogP contribution in [0.15, 0.2) is 23.4 Å². The van der Waals surface area contributed by atoms with E-state index in [0.717, 1.165) is 24.1 Å². The third-order valence-corrected chi connectivity index (χ3v) is 4.37. The third kappa shape index (κ3) is 3.65. The zero-order valence-corrected chi connectivity index (χ0v) is 15.4.